The first-order valence-corrected chi connectivity index (χ1v) is 25.7. The summed E-state index contributed by atoms with van der Waals surface area (Å²) in [5, 5.41) is 2.95. The molecule has 3 aromatic heterocycles. The van der Waals surface area contributed by atoms with Crippen molar-refractivity contribution in [2.45, 2.75) is 0 Å². The van der Waals surface area contributed by atoms with Crippen molar-refractivity contribution >= 4 is 49.3 Å². The Labute approximate surface area is 446 Å². The summed E-state index contributed by atoms with van der Waals surface area (Å²) < 4.78 is 3.36. The average Bonchev–Trinajstić information content (AvgIpc) is 3.83. The SMILES string of the molecule is Clc1ccccc1-c1ccc(-c2nc(-c3ccccc3)nc(-c3ccc(-c4ccc5c(c4Br)c4ccc(-c6cccc(-c7nc(-c8ccccc8)nc(-c8ccccc8)n7)c6)cc4n5-c4ccccc4)cc3)n2)cc1. The molecule has 0 fully saturated rings. The summed E-state index contributed by atoms with van der Waals surface area (Å²) in [5.74, 6) is 3.64. The zero-order chi connectivity index (χ0) is 50.2. The molecule has 354 valence electrons. The Kier molecular flexibility index (Phi) is 12.0. The Morgan fingerprint density at radius 1 is 0.293 bits per heavy atom. The van der Waals surface area contributed by atoms with E-state index < -0.39 is 0 Å². The lowest BCUT2D eigenvalue weighted by atomic mass is 9.99. The third kappa shape index (κ3) is 8.86. The molecule has 7 nitrogen and oxygen atoms in total. The molecule has 0 saturated carbocycles. The third-order valence-corrected chi connectivity index (χ3v) is 14.6. The number of halogens is 2. The normalized spacial score (nSPS) is 11.3. The van der Waals surface area contributed by atoms with E-state index in [1.165, 1.54) is 0 Å². The van der Waals surface area contributed by atoms with Crippen molar-refractivity contribution < 1.29 is 0 Å². The Morgan fingerprint density at radius 2 is 0.680 bits per heavy atom. The lowest BCUT2D eigenvalue weighted by molar-refractivity contribution is 1.07. The number of hydrogen-bond donors (Lipinski definition) is 0. The number of fused-ring (bicyclic) bond motifs is 3. The highest BCUT2D eigenvalue weighted by molar-refractivity contribution is 9.10. The molecule has 0 spiro atoms. The molecule has 0 aliphatic heterocycles. The second-order valence-electron chi connectivity index (χ2n) is 18.2. The largest absolute Gasteiger partial charge is 0.309 e. The maximum absolute atomic E-state index is 6.56. The minimum Gasteiger partial charge on any atom is -0.309 e. The van der Waals surface area contributed by atoms with E-state index in [4.69, 9.17) is 41.5 Å². The van der Waals surface area contributed by atoms with Crippen molar-refractivity contribution in [3.8, 4) is 107 Å². The van der Waals surface area contributed by atoms with E-state index in [9.17, 15) is 0 Å². The van der Waals surface area contributed by atoms with Crippen LogP contribution in [0.5, 0.6) is 0 Å². The Morgan fingerprint density at radius 3 is 1.20 bits per heavy atom. The van der Waals surface area contributed by atoms with Crippen molar-refractivity contribution in [1.82, 2.24) is 34.5 Å². The fourth-order valence-corrected chi connectivity index (χ4v) is 10.8. The van der Waals surface area contributed by atoms with Crippen molar-refractivity contribution in [1.29, 1.82) is 0 Å². The molecule has 0 bridgehead atoms. The molecule has 0 saturated heterocycles. The Hall–Kier alpha value is -9.21. The summed E-state index contributed by atoms with van der Waals surface area (Å²) in [5.41, 5.74) is 14.9. The fourth-order valence-electron chi connectivity index (χ4n) is 9.74. The molecular weight excluding hydrogens is 1010 g/mol. The maximum Gasteiger partial charge on any atom is 0.164 e. The van der Waals surface area contributed by atoms with Crippen molar-refractivity contribution in [3.63, 3.8) is 0 Å². The van der Waals surface area contributed by atoms with E-state index >= 15 is 0 Å². The van der Waals surface area contributed by atoms with E-state index in [-0.39, 0.29) is 0 Å². The molecule has 0 unspecified atom stereocenters. The second-order valence-corrected chi connectivity index (χ2v) is 19.4. The lowest BCUT2D eigenvalue weighted by Gasteiger charge is -2.11. The summed E-state index contributed by atoms with van der Waals surface area (Å²) in [6.07, 6.45) is 0. The van der Waals surface area contributed by atoms with Crippen LogP contribution in [0, 0.1) is 0 Å². The van der Waals surface area contributed by atoms with Gasteiger partial charge in [0.25, 0.3) is 0 Å². The molecule has 0 radical (unpaired) electrons. The number of nitrogens with zero attached hydrogens (tertiary/aromatic N) is 7. The molecule has 0 N–H and O–H groups in total. The van der Waals surface area contributed by atoms with Gasteiger partial charge in [-0.3, -0.25) is 0 Å². The molecule has 13 aromatic rings. The number of rotatable bonds is 10. The molecule has 0 atom stereocenters. The van der Waals surface area contributed by atoms with Crippen molar-refractivity contribution in [2.75, 3.05) is 0 Å². The van der Waals surface area contributed by atoms with Crippen LogP contribution in [0.1, 0.15) is 0 Å². The van der Waals surface area contributed by atoms with Gasteiger partial charge in [0.2, 0.25) is 0 Å². The topological polar surface area (TPSA) is 82.3 Å². The van der Waals surface area contributed by atoms with E-state index in [0.29, 0.717) is 40.0 Å². The molecular formula is C66H41BrClN7. The monoisotopic (exact) mass is 1050 g/mol. The van der Waals surface area contributed by atoms with E-state index in [1.54, 1.807) is 0 Å². The van der Waals surface area contributed by atoms with Gasteiger partial charge in [0.05, 0.1) is 11.0 Å². The van der Waals surface area contributed by atoms with Gasteiger partial charge in [-0.25, -0.2) is 29.9 Å². The maximum atomic E-state index is 6.56. The second kappa shape index (κ2) is 19.7. The van der Waals surface area contributed by atoms with Gasteiger partial charge in [0.15, 0.2) is 34.9 Å². The predicted molar refractivity (Wildman–Crippen MR) is 309 cm³/mol. The lowest BCUT2D eigenvalue weighted by Crippen LogP contribution is -2.00. The first-order chi connectivity index (χ1) is 37.0. The molecule has 0 amide bonds. The molecule has 75 heavy (non-hydrogen) atoms. The van der Waals surface area contributed by atoms with Gasteiger partial charge < -0.3 is 4.57 Å². The first kappa shape index (κ1) is 45.6. The number of para-hydroxylation sites is 1. The summed E-state index contributed by atoms with van der Waals surface area (Å²) in [7, 11) is 0. The molecule has 9 heteroatoms. The fraction of sp³-hybridized carbons (Fsp3) is 0. The minimum absolute atomic E-state index is 0.588. The average molecular weight is 1050 g/mol. The quantitative estimate of drug-likeness (QED) is 0.136. The number of aromatic nitrogens is 7. The zero-order valence-electron chi connectivity index (χ0n) is 40.1. The van der Waals surface area contributed by atoms with Crippen LogP contribution in [0.2, 0.25) is 5.02 Å². The van der Waals surface area contributed by atoms with Gasteiger partial charge in [-0.15, -0.1) is 0 Å². The van der Waals surface area contributed by atoms with Gasteiger partial charge >= 0.3 is 0 Å². The predicted octanol–water partition coefficient (Wildman–Crippen LogP) is 17.6. The minimum atomic E-state index is 0.588. The molecule has 13 rings (SSSR count). The van der Waals surface area contributed by atoms with Crippen molar-refractivity contribution in [2.24, 2.45) is 0 Å². The summed E-state index contributed by atoms with van der Waals surface area (Å²) in [6, 6.07) is 84.9. The summed E-state index contributed by atoms with van der Waals surface area (Å²) in [4.78, 5) is 30.0. The molecule has 0 aliphatic rings. The Bertz CT molecular complexity index is 4170. The standard InChI is InChI=1S/C66H41BrClN7/c67-60-54(43-30-34-48(35-31-43)65-71-61(44-16-5-1-6-17-44)70-64(72-65)47-32-28-42(29-33-47)53-26-13-14-27-56(53)68)38-39-57-59(60)55-37-36-50(41-58(55)75(57)52-24-11-4-12-25-52)49-22-15-23-51(40-49)66-73-62(45-18-7-2-8-19-45)69-63(74-66)46-20-9-3-10-21-46/h1-41H. The van der Waals surface area contributed by atoms with Gasteiger partial charge in [-0.1, -0.05) is 224 Å². The van der Waals surface area contributed by atoms with Crippen LogP contribution in [0.4, 0.5) is 0 Å². The van der Waals surface area contributed by atoms with Gasteiger partial charge in [-0.2, -0.15) is 0 Å². The van der Waals surface area contributed by atoms with E-state index in [0.717, 1.165) is 98.7 Å². The van der Waals surface area contributed by atoms with Crippen molar-refractivity contribution in [3.05, 3.63) is 258 Å². The zero-order valence-corrected chi connectivity index (χ0v) is 42.4. The number of benzene rings is 10. The van der Waals surface area contributed by atoms with E-state index in [1.807, 2.05) is 127 Å². The molecule has 10 aromatic carbocycles. The first-order valence-electron chi connectivity index (χ1n) is 24.6. The highest BCUT2D eigenvalue weighted by atomic mass is 79.9. The van der Waals surface area contributed by atoms with Gasteiger partial charge in [0.1, 0.15) is 0 Å². The van der Waals surface area contributed by atoms with Crippen LogP contribution in [0.3, 0.4) is 0 Å². The van der Waals surface area contributed by atoms with E-state index in [2.05, 4.69) is 142 Å². The summed E-state index contributed by atoms with van der Waals surface area (Å²) >= 11 is 10.7. The van der Waals surface area contributed by atoms with Crippen LogP contribution in [0.25, 0.3) is 129 Å². The molecule has 0 aliphatic carbocycles. The van der Waals surface area contributed by atoms with Crippen LogP contribution < -0.4 is 0 Å². The van der Waals surface area contributed by atoms with Gasteiger partial charge in [0, 0.05) is 64.9 Å². The highest BCUT2D eigenvalue weighted by Gasteiger charge is 2.20. The summed E-state index contributed by atoms with van der Waals surface area (Å²) in [6.45, 7) is 0. The Balaban J connectivity index is 0.874. The third-order valence-electron chi connectivity index (χ3n) is 13.5. The van der Waals surface area contributed by atoms with Gasteiger partial charge in [-0.05, 0) is 80.1 Å². The van der Waals surface area contributed by atoms with Crippen LogP contribution in [0.15, 0.2) is 253 Å². The number of hydrogen-bond acceptors (Lipinski definition) is 6. The van der Waals surface area contributed by atoms with Crippen LogP contribution >= 0.6 is 27.5 Å². The molecule has 3 heterocycles. The smallest absolute Gasteiger partial charge is 0.164 e. The van der Waals surface area contributed by atoms with Crippen LogP contribution in [-0.2, 0) is 0 Å². The highest BCUT2D eigenvalue weighted by Crippen LogP contribution is 2.43. The van der Waals surface area contributed by atoms with Crippen LogP contribution in [-0.4, -0.2) is 34.5 Å².